The Morgan fingerprint density at radius 1 is 0.519 bits per heavy atom. The van der Waals surface area contributed by atoms with Crippen LogP contribution in [0.3, 0.4) is 0 Å². The average Bonchev–Trinajstić information content (AvgIpc) is 3.42. The maximum absolute atomic E-state index is 13.6. The smallest absolute Gasteiger partial charge is 1.00 e. The van der Waals surface area contributed by atoms with Gasteiger partial charge in [0.2, 0.25) is 0 Å². The number of ketones is 1. The summed E-state index contributed by atoms with van der Waals surface area (Å²) >= 11 is 12.2. The second-order valence-electron chi connectivity index (χ2n) is 18.9. The number of rotatable bonds is 7. The molecule has 0 atom stereocenters. The van der Waals surface area contributed by atoms with Gasteiger partial charge in [-0.1, -0.05) is 103 Å². The van der Waals surface area contributed by atoms with Gasteiger partial charge >= 0.3 is 23.1 Å². The molecule has 0 radical (unpaired) electrons. The number of ether oxygens (including phenoxy) is 2. The molecule has 0 unspecified atom stereocenters. The maximum Gasteiger partial charge on any atom is 2.00 e. The van der Waals surface area contributed by atoms with Crippen LogP contribution in [-0.2, 0) is 15.8 Å². The van der Waals surface area contributed by atoms with Crippen LogP contribution in [0.15, 0.2) is 164 Å². The number of halogens is 6. The van der Waals surface area contributed by atoms with Crippen LogP contribution < -0.4 is 26.5 Å². The number of methoxy groups -OCH3 is 2. The van der Waals surface area contributed by atoms with E-state index in [1.165, 1.54) is 42.0 Å². The molecule has 0 saturated carbocycles. The minimum absolute atomic E-state index is 0. The van der Waals surface area contributed by atoms with Gasteiger partial charge in [-0.25, -0.2) is 13.2 Å². The first-order valence-corrected chi connectivity index (χ1v) is 25.6. The third-order valence-corrected chi connectivity index (χ3v) is 14.3. The number of likely N-dealkylation sites (tertiary alicyclic amines) is 3. The number of Topliss-reactive ketones (excluding diaryl/α,β-unsaturated/α-hetero) is 1. The Hall–Kier alpha value is -4.73. The summed E-state index contributed by atoms with van der Waals surface area (Å²) < 4.78 is 49.2. The molecule has 0 spiro atoms. The van der Waals surface area contributed by atoms with Crippen LogP contribution >= 0.6 is 23.2 Å². The van der Waals surface area contributed by atoms with E-state index in [9.17, 15) is 23.1 Å². The Morgan fingerprint density at radius 2 is 0.948 bits per heavy atom. The van der Waals surface area contributed by atoms with Gasteiger partial charge in [-0.3, -0.25) is 4.79 Å². The molecule has 3 heterocycles. The largest absolute Gasteiger partial charge is 2.00 e. The zero-order chi connectivity index (χ0) is 53.1. The van der Waals surface area contributed by atoms with Crippen LogP contribution in [0.5, 0.6) is 11.5 Å². The van der Waals surface area contributed by atoms with Crippen molar-refractivity contribution in [2.75, 3.05) is 74.6 Å². The molecule has 0 bridgehead atoms. The van der Waals surface area contributed by atoms with Gasteiger partial charge in [0.05, 0.1) is 19.8 Å². The number of para-hydroxylation sites is 1. The van der Waals surface area contributed by atoms with E-state index in [0.29, 0.717) is 10.8 Å². The second kappa shape index (κ2) is 33.0. The van der Waals surface area contributed by atoms with E-state index < -0.39 is 5.60 Å². The Labute approximate surface area is 492 Å². The van der Waals surface area contributed by atoms with E-state index in [1.54, 1.807) is 38.5 Å². The van der Waals surface area contributed by atoms with Crippen molar-refractivity contribution < 1.29 is 49.5 Å². The topological polar surface area (TPSA) is 65.5 Å². The Morgan fingerprint density at radius 3 is 1.42 bits per heavy atom. The van der Waals surface area contributed by atoms with Gasteiger partial charge < -0.3 is 46.3 Å². The van der Waals surface area contributed by atoms with Crippen molar-refractivity contribution in [2.45, 2.75) is 57.0 Å². The third-order valence-electron chi connectivity index (χ3n) is 13.8. The van der Waals surface area contributed by atoms with Gasteiger partial charge in [-0.15, -0.1) is 12.1 Å². The molecule has 0 amide bonds. The number of aliphatic hydroxyl groups is 1. The molecule has 1 N–H and O–H groups in total. The summed E-state index contributed by atoms with van der Waals surface area (Å²) in [5, 5.41) is 11.8. The first-order chi connectivity index (χ1) is 35.6. The van der Waals surface area contributed by atoms with Gasteiger partial charge in [-0.2, -0.15) is 18.2 Å². The van der Waals surface area contributed by atoms with Crippen LogP contribution in [0, 0.1) is 23.5 Å². The summed E-state index contributed by atoms with van der Waals surface area (Å²) in [5.41, 5.74) is 6.48. The third kappa shape index (κ3) is 19.8. The Balaban J connectivity index is 0.000000276. The molecule has 0 aromatic heterocycles. The number of hydrogen-bond donors (Lipinski definition) is 1. The van der Waals surface area contributed by atoms with Crippen LogP contribution in [0.25, 0.3) is 22.3 Å². The molecule has 7 aromatic rings. The van der Waals surface area contributed by atoms with Crippen molar-refractivity contribution >= 4 is 52.0 Å². The molecule has 3 aliphatic heterocycles. The van der Waals surface area contributed by atoms with Gasteiger partial charge in [0.25, 0.3) is 0 Å². The van der Waals surface area contributed by atoms with Crippen LogP contribution in [0.2, 0.25) is 10.0 Å². The van der Waals surface area contributed by atoms with Crippen LogP contribution in [-0.4, -0.2) is 123 Å². The maximum atomic E-state index is 13.6. The molecule has 3 saturated heterocycles. The van der Waals surface area contributed by atoms with Crippen molar-refractivity contribution in [3.05, 3.63) is 214 Å². The zero-order valence-electron chi connectivity index (χ0n) is 44.1. The fourth-order valence-electron chi connectivity index (χ4n) is 9.21. The summed E-state index contributed by atoms with van der Waals surface area (Å²) in [4.78, 5) is 17.3. The molecule has 3 fully saturated rings. The molecule has 3 aliphatic rings. The minimum atomic E-state index is -0.764. The first-order valence-electron chi connectivity index (χ1n) is 24.9. The Bertz CT molecular complexity index is 2830. The summed E-state index contributed by atoms with van der Waals surface area (Å²) in [6.07, 6.45) is 4.92. The molecular formula is C63H71BrCl2F3MgN3O4. The van der Waals surface area contributed by atoms with Gasteiger partial charge in [-0.05, 0) is 154 Å². The average molecular weight is 1170 g/mol. The minimum Gasteiger partial charge on any atom is -1.00 e. The van der Waals surface area contributed by atoms with Crippen molar-refractivity contribution in [1.82, 2.24) is 14.7 Å². The van der Waals surface area contributed by atoms with Crippen molar-refractivity contribution in [1.29, 1.82) is 0 Å². The van der Waals surface area contributed by atoms with Gasteiger partial charge in [0, 0.05) is 71.4 Å². The molecule has 10 rings (SSSR count). The molecule has 0 aliphatic carbocycles. The number of piperidine rings is 3. The standard InChI is InChI=1S/C25H25ClFNO.C13H11ClO.C12H16FNO.C6H4F.C6H11NO.CH4.BrH.Mg/c1-28-14-12-25(13-15-28,19-6-9-22(27)10-7-19)20-8-11-24(29-2)23(17-20)18-4-3-5-21(26)16-18;1-15-13-8-3-2-7-12(13)10-5-4-6-11(14)9-10;1-14-8-6-12(15,7-9-14)10-2-4-11(13)5-3-10;7-6-4-2-1-3-5-6;1-7-4-2-6(8)3-5-7;;;/h3-11,16-17H,12-15H2,1-2H3;2-9H,1H3;2-5,15H,6-9H2,1H3;2-5H;2-5H2,1H3;1H4;1H;/q;;;-1;;;;+2/p-1. The predicted octanol–water partition coefficient (Wildman–Crippen LogP) is 11.1. The second-order valence-corrected chi connectivity index (χ2v) is 19.8. The van der Waals surface area contributed by atoms with Gasteiger partial charge in [0.1, 0.15) is 28.9 Å². The fourth-order valence-corrected chi connectivity index (χ4v) is 9.59. The molecular weight excluding hydrogens is 1090 g/mol. The zero-order valence-corrected chi connectivity index (χ0v) is 48.6. The Kier molecular flexibility index (Phi) is 28.5. The van der Waals surface area contributed by atoms with Gasteiger partial charge in [0.15, 0.2) is 0 Å². The van der Waals surface area contributed by atoms with E-state index in [0.717, 1.165) is 128 Å². The fraction of sp³-hybridized carbons (Fsp3) is 0.317. The van der Waals surface area contributed by atoms with E-state index >= 15 is 0 Å². The summed E-state index contributed by atoms with van der Waals surface area (Å²) in [5.74, 6) is 1.43. The molecule has 7 aromatic carbocycles. The monoisotopic (exact) mass is 1160 g/mol. The van der Waals surface area contributed by atoms with E-state index in [2.05, 4.69) is 39.9 Å². The summed E-state index contributed by atoms with van der Waals surface area (Å²) in [6.45, 7) is 5.67. The number of nitrogens with zero attached hydrogens (tertiary/aromatic N) is 3. The normalized spacial score (nSPS) is 15.6. The quantitative estimate of drug-likeness (QED) is 0.126. The summed E-state index contributed by atoms with van der Waals surface area (Å²) in [6, 6.07) is 51.6. The van der Waals surface area contributed by atoms with E-state index in [1.807, 2.05) is 105 Å². The van der Waals surface area contributed by atoms with Crippen LogP contribution in [0.4, 0.5) is 13.2 Å². The molecule has 7 nitrogen and oxygen atoms in total. The van der Waals surface area contributed by atoms with Crippen molar-refractivity contribution in [2.24, 2.45) is 0 Å². The van der Waals surface area contributed by atoms with Crippen molar-refractivity contribution in [3.63, 3.8) is 0 Å². The van der Waals surface area contributed by atoms with E-state index in [4.69, 9.17) is 32.7 Å². The number of carbonyl (C=O) groups is 1. The van der Waals surface area contributed by atoms with E-state index in [-0.39, 0.29) is 70.3 Å². The first kappa shape index (κ1) is 66.5. The predicted molar refractivity (Wildman–Crippen MR) is 307 cm³/mol. The number of hydrogen-bond acceptors (Lipinski definition) is 7. The van der Waals surface area contributed by atoms with Crippen molar-refractivity contribution in [3.8, 4) is 33.8 Å². The molecule has 77 heavy (non-hydrogen) atoms. The molecule has 406 valence electrons. The number of carbonyl (C=O) groups excluding carboxylic acids is 1. The summed E-state index contributed by atoms with van der Waals surface area (Å²) in [7, 11) is 9.61. The van der Waals surface area contributed by atoms with Crippen LogP contribution in [0.1, 0.15) is 62.6 Å². The molecule has 14 heteroatoms. The SMILES string of the molecule is C.CN1CCC(=O)CC1.CN1CCC(O)(c2ccc(F)cc2)CC1.COc1ccc(C2(c3ccc(F)cc3)CCN(C)CC2)cc1-c1cccc(Cl)c1.COc1ccccc1-c1cccc(Cl)c1.Fc1cc[c-]cc1.[Br-].[Mg+2]. The number of benzene rings is 7.